The highest BCUT2D eigenvalue weighted by Crippen LogP contribution is 2.32. The van der Waals surface area contributed by atoms with Gasteiger partial charge in [0.25, 0.3) is 0 Å². The fourth-order valence-electron chi connectivity index (χ4n) is 1.89. The topological polar surface area (TPSA) is 12.5 Å². The van der Waals surface area contributed by atoms with Crippen LogP contribution in [0.2, 0.25) is 5.02 Å². The van der Waals surface area contributed by atoms with Crippen LogP contribution in [0.25, 0.3) is 10.8 Å². The molecule has 2 nitrogen and oxygen atoms in total. The highest BCUT2D eigenvalue weighted by Gasteiger charge is 2.05. The van der Waals surface area contributed by atoms with Crippen LogP contribution < -0.4 is 4.74 Å². The Morgan fingerprint density at radius 2 is 1.89 bits per heavy atom. The van der Waals surface area contributed by atoms with Crippen LogP contribution in [0.3, 0.4) is 0 Å². The van der Waals surface area contributed by atoms with Crippen LogP contribution in [-0.4, -0.2) is 32.1 Å². The number of hydrogen-bond acceptors (Lipinski definition) is 2. The maximum atomic E-state index is 6.35. The van der Waals surface area contributed by atoms with Gasteiger partial charge in [-0.25, -0.2) is 0 Å². The summed E-state index contributed by atoms with van der Waals surface area (Å²) in [5, 5.41) is 2.89. The number of nitrogens with zero attached hydrogens (tertiary/aromatic N) is 1. The minimum Gasteiger partial charge on any atom is -0.492 e. The molecule has 0 spiro atoms. The Morgan fingerprint density at radius 3 is 2.67 bits per heavy atom. The molecule has 0 aromatic heterocycles. The lowest BCUT2D eigenvalue weighted by atomic mass is 10.1. The van der Waals surface area contributed by atoms with Gasteiger partial charge in [-0.3, -0.25) is 0 Å². The minimum absolute atomic E-state index is 0.691. The number of hydrogen-bond donors (Lipinski definition) is 0. The van der Waals surface area contributed by atoms with E-state index in [2.05, 4.69) is 25.1 Å². The molecule has 0 bridgehead atoms. The molecule has 3 heteroatoms. The van der Waals surface area contributed by atoms with Gasteiger partial charge in [0.05, 0.1) is 11.6 Å². The van der Waals surface area contributed by atoms with Crippen molar-refractivity contribution >= 4 is 22.4 Å². The summed E-state index contributed by atoms with van der Waals surface area (Å²) in [4.78, 5) is 2.14. The van der Waals surface area contributed by atoms with Gasteiger partial charge in [-0.2, -0.15) is 0 Å². The minimum atomic E-state index is 0.691. The molecular formula is C15H18ClNO. The number of halogens is 1. The Kier molecular flexibility index (Phi) is 4.45. The Morgan fingerprint density at radius 1 is 1.11 bits per heavy atom. The number of fused-ring (bicyclic) bond motifs is 1. The van der Waals surface area contributed by atoms with Gasteiger partial charge in [0.15, 0.2) is 0 Å². The van der Waals surface area contributed by atoms with Gasteiger partial charge in [-0.05, 0) is 32.0 Å². The monoisotopic (exact) mass is 263 g/mol. The molecule has 0 radical (unpaired) electrons. The maximum absolute atomic E-state index is 6.35. The molecule has 0 saturated heterocycles. The molecule has 0 aliphatic carbocycles. The molecule has 0 heterocycles. The second-order valence-corrected chi connectivity index (χ2v) is 4.98. The molecule has 2 rings (SSSR count). The molecule has 0 aliphatic rings. The quantitative estimate of drug-likeness (QED) is 0.761. The van der Waals surface area contributed by atoms with Gasteiger partial charge < -0.3 is 9.64 Å². The SMILES string of the molecule is CN(C)CCCOc1ccc2ccccc2c1Cl. The standard InChI is InChI=1S/C15H18ClNO/c1-17(2)10-5-11-18-14-9-8-12-6-3-4-7-13(12)15(14)16/h3-4,6-9H,5,10-11H2,1-2H3. The first kappa shape index (κ1) is 13.2. The Balaban J connectivity index is 2.07. The summed E-state index contributed by atoms with van der Waals surface area (Å²) in [5.41, 5.74) is 0. The fourth-order valence-corrected chi connectivity index (χ4v) is 2.18. The van der Waals surface area contributed by atoms with E-state index in [1.54, 1.807) is 0 Å². The molecule has 0 atom stereocenters. The van der Waals surface area contributed by atoms with E-state index in [-0.39, 0.29) is 0 Å². The van der Waals surface area contributed by atoms with Crippen molar-refractivity contribution in [3.05, 3.63) is 41.4 Å². The molecule has 0 aliphatic heterocycles. The van der Waals surface area contributed by atoms with Crippen LogP contribution >= 0.6 is 11.6 Å². The third-order valence-electron chi connectivity index (χ3n) is 2.84. The highest BCUT2D eigenvalue weighted by atomic mass is 35.5. The van der Waals surface area contributed by atoms with Crippen molar-refractivity contribution in [1.82, 2.24) is 4.90 Å². The summed E-state index contributed by atoms with van der Waals surface area (Å²) >= 11 is 6.35. The normalized spacial score (nSPS) is 11.1. The molecule has 18 heavy (non-hydrogen) atoms. The lowest BCUT2D eigenvalue weighted by molar-refractivity contribution is 0.282. The first-order chi connectivity index (χ1) is 8.68. The zero-order valence-corrected chi connectivity index (χ0v) is 11.6. The van der Waals surface area contributed by atoms with Gasteiger partial charge >= 0.3 is 0 Å². The van der Waals surface area contributed by atoms with Crippen LogP contribution in [0.4, 0.5) is 0 Å². The first-order valence-corrected chi connectivity index (χ1v) is 6.51. The summed E-state index contributed by atoms with van der Waals surface area (Å²) in [5.74, 6) is 0.772. The van der Waals surface area contributed by atoms with Crippen LogP contribution in [0.5, 0.6) is 5.75 Å². The molecule has 0 unspecified atom stereocenters. The molecule has 0 N–H and O–H groups in total. The maximum Gasteiger partial charge on any atom is 0.138 e. The zero-order chi connectivity index (χ0) is 13.0. The number of ether oxygens (including phenoxy) is 1. The molecule has 0 amide bonds. The van der Waals surface area contributed by atoms with Gasteiger partial charge in [-0.15, -0.1) is 0 Å². The molecule has 2 aromatic rings. The van der Waals surface area contributed by atoms with E-state index in [9.17, 15) is 0 Å². The smallest absolute Gasteiger partial charge is 0.138 e. The van der Waals surface area contributed by atoms with Crippen molar-refractivity contribution in [3.8, 4) is 5.75 Å². The van der Waals surface area contributed by atoms with Gasteiger partial charge in [0, 0.05) is 11.9 Å². The predicted molar refractivity (Wildman–Crippen MR) is 77.6 cm³/mol. The third kappa shape index (κ3) is 3.15. The van der Waals surface area contributed by atoms with Crippen LogP contribution in [0, 0.1) is 0 Å². The lowest BCUT2D eigenvalue weighted by Crippen LogP contribution is -2.15. The van der Waals surface area contributed by atoms with Crippen molar-refractivity contribution in [3.63, 3.8) is 0 Å². The van der Waals surface area contributed by atoms with Gasteiger partial charge in [0.2, 0.25) is 0 Å². The van der Waals surface area contributed by atoms with Crippen molar-refractivity contribution in [2.24, 2.45) is 0 Å². The first-order valence-electron chi connectivity index (χ1n) is 6.13. The van der Waals surface area contributed by atoms with Crippen LogP contribution in [-0.2, 0) is 0 Å². The van der Waals surface area contributed by atoms with E-state index in [1.807, 2.05) is 30.3 Å². The number of benzene rings is 2. The van der Waals surface area contributed by atoms with E-state index < -0.39 is 0 Å². The predicted octanol–water partition coefficient (Wildman–Crippen LogP) is 3.82. The van der Waals surface area contributed by atoms with E-state index in [1.165, 1.54) is 0 Å². The average Bonchev–Trinajstić information content (AvgIpc) is 2.37. The molecule has 0 fully saturated rings. The van der Waals surface area contributed by atoms with Crippen LogP contribution in [0.1, 0.15) is 6.42 Å². The van der Waals surface area contributed by atoms with E-state index >= 15 is 0 Å². The second-order valence-electron chi connectivity index (χ2n) is 4.60. The number of rotatable bonds is 5. The van der Waals surface area contributed by atoms with Crippen molar-refractivity contribution in [1.29, 1.82) is 0 Å². The van der Waals surface area contributed by atoms with Crippen molar-refractivity contribution in [2.75, 3.05) is 27.2 Å². The zero-order valence-electron chi connectivity index (χ0n) is 10.8. The van der Waals surface area contributed by atoms with Crippen molar-refractivity contribution < 1.29 is 4.74 Å². The Hall–Kier alpha value is -1.25. The van der Waals surface area contributed by atoms with E-state index in [0.717, 1.165) is 29.5 Å². The fraction of sp³-hybridized carbons (Fsp3) is 0.333. The molecule has 2 aromatic carbocycles. The Labute approximate surface area is 113 Å². The molecular weight excluding hydrogens is 246 g/mol. The molecule has 96 valence electrons. The Bertz CT molecular complexity index is 525. The summed E-state index contributed by atoms with van der Waals surface area (Å²) in [6.07, 6.45) is 0.996. The third-order valence-corrected chi connectivity index (χ3v) is 3.22. The highest BCUT2D eigenvalue weighted by molar-refractivity contribution is 6.37. The van der Waals surface area contributed by atoms with Crippen LogP contribution in [0.15, 0.2) is 36.4 Å². The summed E-state index contributed by atoms with van der Waals surface area (Å²) < 4.78 is 5.74. The van der Waals surface area contributed by atoms with Crippen molar-refractivity contribution in [2.45, 2.75) is 6.42 Å². The summed E-state index contributed by atoms with van der Waals surface area (Å²) in [6.45, 7) is 1.71. The average molecular weight is 264 g/mol. The van der Waals surface area contributed by atoms with Gasteiger partial charge in [0.1, 0.15) is 5.75 Å². The lowest BCUT2D eigenvalue weighted by Gasteiger charge is -2.12. The molecule has 0 saturated carbocycles. The summed E-state index contributed by atoms with van der Waals surface area (Å²) in [6, 6.07) is 12.1. The largest absolute Gasteiger partial charge is 0.492 e. The van der Waals surface area contributed by atoms with E-state index in [0.29, 0.717) is 11.6 Å². The summed E-state index contributed by atoms with van der Waals surface area (Å²) in [7, 11) is 4.12. The second kappa shape index (κ2) is 6.07. The van der Waals surface area contributed by atoms with E-state index in [4.69, 9.17) is 16.3 Å². The van der Waals surface area contributed by atoms with Gasteiger partial charge in [-0.1, -0.05) is 41.9 Å².